The summed E-state index contributed by atoms with van der Waals surface area (Å²) in [5.74, 6) is 1.62. The first-order chi connectivity index (χ1) is 12.6. The van der Waals surface area contributed by atoms with Crippen LogP contribution in [0.4, 0.5) is 4.39 Å². The van der Waals surface area contributed by atoms with Gasteiger partial charge in [-0.2, -0.15) is 5.10 Å². The molecule has 1 unspecified atom stereocenters. The minimum atomic E-state index is -0.637. The number of nitrogens with zero attached hydrogens (tertiary/aromatic N) is 3. The van der Waals surface area contributed by atoms with Gasteiger partial charge in [0.25, 0.3) is 0 Å². The summed E-state index contributed by atoms with van der Waals surface area (Å²) in [6.07, 6.45) is 8.01. The Morgan fingerprint density at radius 3 is 2.73 bits per heavy atom. The van der Waals surface area contributed by atoms with Crippen molar-refractivity contribution in [2.24, 2.45) is 0 Å². The van der Waals surface area contributed by atoms with Crippen LogP contribution in [0.2, 0.25) is 0 Å². The average Bonchev–Trinajstić information content (AvgIpc) is 3.04. The third-order valence-corrected chi connectivity index (χ3v) is 3.87. The maximum Gasteiger partial charge on any atom is 0.342 e. The molecule has 0 aliphatic heterocycles. The first kappa shape index (κ1) is 17.4. The molecule has 5 nitrogen and oxygen atoms in total. The summed E-state index contributed by atoms with van der Waals surface area (Å²) < 4.78 is 20.2. The van der Waals surface area contributed by atoms with E-state index in [4.69, 9.17) is 11.2 Å². The van der Waals surface area contributed by atoms with Crippen molar-refractivity contribution in [3.63, 3.8) is 0 Å². The predicted molar refractivity (Wildman–Crippen MR) is 94.1 cm³/mol. The lowest BCUT2D eigenvalue weighted by molar-refractivity contribution is 0.0298. The van der Waals surface area contributed by atoms with Crippen LogP contribution >= 0.6 is 0 Å². The van der Waals surface area contributed by atoms with Crippen molar-refractivity contribution in [2.45, 2.75) is 19.4 Å². The Morgan fingerprint density at radius 2 is 2.08 bits per heavy atom. The van der Waals surface area contributed by atoms with E-state index in [9.17, 15) is 9.18 Å². The molecule has 26 heavy (non-hydrogen) atoms. The molecule has 1 aromatic carbocycles. The summed E-state index contributed by atoms with van der Waals surface area (Å²) in [5, 5.41) is 4.20. The van der Waals surface area contributed by atoms with E-state index in [2.05, 4.69) is 16.0 Å². The maximum absolute atomic E-state index is 13.1. The quantitative estimate of drug-likeness (QED) is 0.521. The standard InChI is InChI=1S/C20H16FN3O2/c1-3-6-19(18-7-4-5-12-22-18)26-20(25)17-13-23-24(14(17)2)16-10-8-15(21)9-11-16/h1,4-5,7-13,19H,6H2,2H3. The second kappa shape index (κ2) is 7.62. The van der Waals surface area contributed by atoms with E-state index in [0.29, 0.717) is 22.6 Å². The normalized spacial score (nSPS) is 11.6. The van der Waals surface area contributed by atoms with Gasteiger partial charge in [-0.25, -0.2) is 13.9 Å². The number of terminal acetylenes is 1. The van der Waals surface area contributed by atoms with Gasteiger partial charge in [-0.3, -0.25) is 4.98 Å². The second-order valence-corrected chi connectivity index (χ2v) is 5.59. The van der Waals surface area contributed by atoms with E-state index in [1.54, 1.807) is 48.1 Å². The van der Waals surface area contributed by atoms with Crippen LogP contribution in [0.1, 0.15) is 34.3 Å². The first-order valence-corrected chi connectivity index (χ1v) is 7.96. The van der Waals surface area contributed by atoms with Gasteiger partial charge >= 0.3 is 5.97 Å². The zero-order valence-corrected chi connectivity index (χ0v) is 14.1. The van der Waals surface area contributed by atoms with Crippen molar-refractivity contribution in [1.82, 2.24) is 14.8 Å². The number of aromatic nitrogens is 3. The number of carbonyl (C=O) groups is 1. The van der Waals surface area contributed by atoms with Crippen molar-refractivity contribution in [1.29, 1.82) is 0 Å². The minimum absolute atomic E-state index is 0.216. The van der Waals surface area contributed by atoms with E-state index in [1.807, 2.05) is 0 Å². The van der Waals surface area contributed by atoms with Crippen molar-refractivity contribution < 1.29 is 13.9 Å². The number of rotatable bonds is 5. The van der Waals surface area contributed by atoms with Crippen LogP contribution in [0.5, 0.6) is 0 Å². The Hall–Kier alpha value is -3.46. The molecule has 0 radical (unpaired) electrons. The number of carbonyl (C=O) groups excluding carboxylic acids is 1. The first-order valence-electron chi connectivity index (χ1n) is 7.96. The number of esters is 1. The van der Waals surface area contributed by atoms with Crippen LogP contribution in [-0.4, -0.2) is 20.7 Å². The number of pyridine rings is 1. The number of ether oxygens (including phenoxy) is 1. The Morgan fingerprint density at radius 1 is 1.31 bits per heavy atom. The van der Waals surface area contributed by atoms with Crippen LogP contribution in [0.25, 0.3) is 5.69 Å². The molecule has 0 saturated heterocycles. The molecule has 3 rings (SSSR count). The molecule has 0 bridgehead atoms. The molecule has 0 aliphatic rings. The van der Waals surface area contributed by atoms with E-state index < -0.39 is 12.1 Å². The van der Waals surface area contributed by atoms with Gasteiger partial charge in [0.05, 0.1) is 29.7 Å². The molecule has 0 fully saturated rings. The van der Waals surface area contributed by atoms with Crippen molar-refractivity contribution in [3.8, 4) is 18.0 Å². The van der Waals surface area contributed by atoms with E-state index in [0.717, 1.165) is 0 Å². The Balaban J connectivity index is 1.84. The molecule has 2 heterocycles. The van der Waals surface area contributed by atoms with Gasteiger partial charge in [0, 0.05) is 6.20 Å². The highest BCUT2D eigenvalue weighted by Gasteiger charge is 2.22. The van der Waals surface area contributed by atoms with Gasteiger partial charge in [-0.1, -0.05) is 6.07 Å². The Kier molecular flexibility index (Phi) is 5.09. The zero-order valence-electron chi connectivity index (χ0n) is 14.1. The number of hydrogen-bond donors (Lipinski definition) is 0. The van der Waals surface area contributed by atoms with E-state index >= 15 is 0 Å². The van der Waals surface area contributed by atoms with Crippen LogP contribution < -0.4 is 0 Å². The van der Waals surface area contributed by atoms with Gasteiger partial charge in [0.15, 0.2) is 6.10 Å². The summed E-state index contributed by atoms with van der Waals surface area (Å²) >= 11 is 0. The topological polar surface area (TPSA) is 57.0 Å². The molecular formula is C20H16FN3O2. The Bertz CT molecular complexity index is 943. The molecule has 130 valence electrons. The molecule has 3 aromatic rings. The van der Waals surface area contributed by atoms with E-state index in [1.165, 1.54) is 18.3 Å². The maximum atomic E-state index is 13.1. The summed E-state index contributed by atoms with van der Waals surface area (Å²) in [6.45, 7) is 1.74. The lowest BCUT2D eigenvalue weighted by Gasteiger charge is -2.15. The Labute approximate surface area is 150 Å². The summed E-state index contributed by atoms with van der Waals surface area (Å²) in [7, 11) is 0. The average molecular weight is 349 g/mol. The fraction of sp³-hybridized carbons (Fsp3) is 0.150. The molecule has 0 amide bonds. The highest BCUT2D eigenvalue weighted by molar-refractivity contribution is 5.90. The third kappa shape index (κ3) is 3.62. The minimum Gasteiger partial charge on any atom is -0.451 e. The molecule has 6 heteroatoms. The van der Waals surface area contributed by atoms with Crippen molar-refractivity contribution >= 4 is 5.97 Å². The van der Waals surface area contributed by atoms with Crippen molar-refractivity contribution in [3.05, 3.63) is 77.6 Å². The van der Waals surface area contributed by atoms with Gasteiger partial charge in [0.1, 0.15) is 11.4 Å². The molecule has 0 N–H and O–H groups in total. The molecule has 1 atom stereocenters. The van der Waals surface area contributed by atoms with Crippen LogP contribution in [0.3, 0.4) is 0 Å². The molecule has 0 spiro atoms. The van der Waals surface area contributed by atoms with Gasteiger partial charge in [0.2, 0.25) is 0 Å². The number of halogens is 1. The van der Waals surface area contributed by atoms with Crippen LogP contribution in [0.15, 0.2) is 54.9 Å². The lowest BCUT2D eigenvalue weighted by atomic mass is 10.1. The van der Waals surface area contributed by atoms with Crippen LogP contribution in [-0.2, 0) is 4.74 Å². The molecule has 0 aliphatic carbocycles. The lowest BCUT2D eigenvalue weighted by Crippen LogP contribution is -2.13. The molecular weight excluding hydrogens is 333 g/mol. The van der Waals surface area contributed by atoms with Crippen molar-refractivity contribution in [2.75, 3.05) is 0 Å². The zero-order chi connectivity index (χ0) is 18.5. The van der Waals surface area contributed by atoms with E-state index in [-0.39, 0.29) is 12.2 Å². The summed E-state index contributed by atoms with van der Waals surface area (Å²) in [6, 6.07) is 11.2. The fourth-order valence-electron chi connectivity index (χ4n) is 2.53. The van der Waals surface area contributed by atoms with Gasteiger partial charge < -0.3 is 4.74 Å². The van der Waals surface area contributed by atoms with Gasteiger partial charge in [-0.05, 0) is 43.3 Å². The monoisotopic (exact) mass is 349 g/mol. The smallest absolute Gasteiger partial charge is 0.342 e. The SMILES string of the molecule is C#CCC(OC(=O)c1cnn(-c2ccc(F)cc2)c1C)c1ccccn1. The largest absolute Gasteiger partial charge is 0.451 e. The summed E-state index contributed by atoms with van der Waals surface area (Å²) in [5.41, 5.74) is 2.13. The highest BCUT2D eigenvalue weighted by Crippen LogP contribution is 2.22. The number of hydrogen-bond acceptors (Lipinski definition) is 4. The molecule has 0 saturated carbocycles. The molecule has 2 aromatic heterocycles. The predicted octanol–water partition coefficient (Wildman–Crippen LogP) is 3.64. The van der Waals surface area contributed by atoms with Gasteiger partial charge in [-0.15, -0.1) is 12.3 Å². The van der Waals surface area contributed by atoms with Crippen LogP contribution in [0, 0.1) is 25.1 Å². The summed E-state index contributed by atoms with van der Waals surface area (Å²) in [4.78, 5) is 16.8. The highest BCUT2D eigenvalue weighted by atomic mass is 19.1. The number of benzene rings is 1. The fourth-order valence-corrected chi connectivity index (χ4v) is 2.53. The second-order valence-electron chi connectivity index (χ2n) is 5.59. The third-order valence-electron chi connectivity index (χ3n) is 3.87.